The summed E-state index contributed by atoms with van der Waals surface area (Å²) in [5.74, 6) is -1.07. The average molecular weight is 346 g/mol. The minimum Gasteiger partial charge on any atom is -0.480 e. The minimum atomic E-state index is -1.07. The molecular weight excluding hydrogens is 330 g/mol. The average Bonchev–Trinajstić information content (AvgIpc) is 2.60. The molecule has 0 aromatic heterocycles. The zero-order chi connectivity index (χ0) is 17.1. The van der Waals surface area contributed by atoms with Crippen molar-refractivity contribution in [2.45, 2.75) is 25.6 Å². The molecular formula is C18H16ClNO4. The van der Waals surface area contributed by atoms with Crippen molar-refractivity contribution in [3.8, 4) is 0 Å². The van der Waals surface area contributed by atoms with E-state index in [-0.39, 0.29) is 19.6 Å². The summed E-state index contributed by atoms with van der Waals surface area (Å²) in [5.41, 5.74) is 2.47. The number of hydrogen-bond acceptors (Lipinski definition) is 3. The number of carboxylic acid groups (broad SMARTS) is 1. The van der Waals surface area contributed by atoms with Gasteiger partial charge in [0, 0.05) is 11.4 Å². The van der Waals surface area contributed by atoms with Gasteiger partial charge < -0.3 is 9.84 Å². The first-order chi connectivity index (χ1) is 11.6. The number of hydrogen-bond donors (Lipinski definition) is 1. The second kappa shape index (κ2) is 6.93. The van der Waals surface area contributed by atoms with Gasteiger partial charge in [0.25, 0.3) is 0 Å². The number of carbonyl (C=O) groups is 2. The van der Waals surface area contributed by atoms with Crippen molar-refractivity contribution >= 4 is 23.7 Å². The number of carbonyl (C=O) groups excluding carboxylic acids is 1. The Balaban J connectivity index is 1.77. The molecule has 1 heterocycles. The van der Waals surface area contributed by atoms with Gasteiger partial charge in [-0.25, -0.2) is 9.59 Å². The lowest BCUT2D eigenvalue weighted by Crippen LogP contribution is -2.48. The largest absolute Gasteiger partial charge is 0.480 e. The molecule has 24 heavy (non-hydrogen) atoms. The van der Waals surface area contributed by atoms with Crippen LogP contribution in [0.4, 0.5) is 4.79 Å². The van der Waals surface area contributed by atoms with Crippen LogP contribution in [0.25, 0.3) is 0 Å². The fourth-order valence-electron chi connectivity index (χ4n) is 2.79. The van der Waals surface area contributed by atoms with E-state index in [0.29, 0.717) is 5.02 Å². The Morgan fingerprint density at radius 2 is 1.92 bits per heavy atom. The fraction of sp³-hybridized carbons (Fsp3) is 0.222. The highest BCUT2D eigenvalue weighted by Gasteiger charge is 2.36. The van der Waals surface area contributed by atoms with E-state index in [9.17, 15) is 14.7 Å². The summed E-state index contributed by atoms with van der Waals surface area (Å²) in [7, 11) is 0. The number of halogens is 1. The summed E-state index contributed by atoms with van der Waals surface area (Å²) >= 11 is 6.15. The summed E-state index contributed by atoms with van der Waals surface area (Å²) in [6, 6.07) is 13.6. The van der Waals surface area contributed by atoms with Gasteiger partial charge >= 0.3 is 12.1 Å². The van der Waals surface area contributed by atoms with Crippen LogP contribution in [0.1, 0.15) is 16.7 Å². The van der Waals surface area contributed by atoms with Crippen LogP contribution in [-0.2, 0) is 29.1 Å². The highest BCUT2D eigenvalue weighted by Crippen LogP contribution is 2.29. The van der Waals surface area contributed by atoms with Crippen LogP contribution in [0, 0.1) is 0 Å². The first-order valence-corrected chi connectivity index (χ1v) is 7.90. The van der Waals surface area contributed by atoms with E-state index in [0.717, 1.165) is 16.7 Å². The summed E-state index contributed by atoms with van der Waals surface area (Å²) in [6.45, 7) is 0.269. The maximum Gasteiger partial charge on any atom is 0.411 e. The van der Waals surface area contributed by atoms with E-state index >= 15 is 0 Å². The first kappa shape index (κ1) is 16.3. The standard InChI is InChI=1S/C18H16ClNO4/c19-15-8-4-7-13-10-20(16(17(21)22)9-14(13)15)18(23)24-11-12-5-2-1-3-6-12/h1-8,16H,9-11H2,(H,21,22)/t16-/m0/s1. The molecule has 1 atom stereocenters. The molecule has 5 nitrogen and oxygen atoms in total. The Bertz CT molecular complexity index is 763. The molecule has 0 spiro atoms. The third-order valence-electron chi connectivity index (χ3n) is 4.05. The molecule has 1 aliphatic rings. The maximum absolute atomic E-state index is 12.4. The topological polar surface area (TPSA) is 66.8 Å². The molecule has 124 valence electrons. The Morgan fingerprint density at radius 1 is 1.17 bits per heavy atom. The predicted octanol–water partition coefficient (Wildman–Crippen LogP) is 3.49. The second-order valence-corrected chi connectivity index (χ2v) is 6.01. The molecule has 3 rings (SSSR count). The molecule has 0 fully saturated rings. The molecule has 1 N–H and O–H groups in total. The van der Waals surface area contributed by atoms with Crippen molar-refractivity contribution in [2.75, 3.05) is 0 Å². The highest BCUT2D eigenvalue weighted by molar-refractivity contribution is 6.31. The number of fused-ring (bicyclic) bond motifs is 1. The molecule has 1 amide bonds. The minimum absolute atomic E-state index is 0.102. The van der Waals surface area contributed by atoms with E-state index in [1.54, 1.807) is 12.1 Å². The van der Waals surface area contributed by atoms with Crippen LogP contribution in [0.15, 0.2) is 48.5 Å². The summed E-state index contributed by atoms with van der Waals surface area (Å²) in [6.07, 6.45) is -0.470. The number of benzene rings is 2. The van der Waals surface area contributed by atoms with Gasteiger partial charge in [-0.1, -0.05) is 54.1 Å². The smallest absolute Gasteiger partial charge is 0.411 e. The van der Waals surface area contributed by atoms with Crippen LogP contribution in [0.2, 0.25) is 5.02 Å². The van der Waals surface area contributed by atoms with Crippen LogP contribution in [-0.4, -0.2) is 28.1 Å². The van der Waals surface area contributed by atoms with Gasteiger partial charge in [0.2, 0.25) is 0 Å². The third kappa shape index (κ3) is 3.36. The van der Waals surface area contributed by atoms with Gasteiger partial charge in [0.15, 0.2) is 0 Å². The number of aliphatic carboxylic acids is 1. The number of carboxylic acids is 1. The quantitative estimate of drug-likeness (QED) is 0.924. The SMILES string of the molecule is O=C(O)[C@@H]1Cc2c(Cl)cccc2CN1C(=O)OCc1ccccc1. The van der Waals surface area contributed by atoms with E-state index in [2.05, 4.69) is 0 Å². The van der Waals surface area contributed by atoms with Gasteiger partial charge in [-0.2, -0.15) is 0 Å². The Kier molecular flexibility index (Phi) is 4.71. The molecule has 0 unspecified atom stereocenters. The van der Waals surface area contributed by atoms with Crippen molar-refractivity contribution in [3.63, 3.8) is 0 Å². The zero-order valence-electron chi connectivity index (χ0n) is 12.8. The van der Waals surface area contributed by atoms with Gasteiger partial charge in [-0.3, -0.25) is 4.90 Å². The summed E-state index contributed by atoms with van der Waals surface area (Å²) in [5, 5.41) is 9.99. The molecule has 0 radical (unpaired) electrons. The predicted molar refractivity (Wildman–Crippen MR) is 88.7 cm³/mol. The molecule has 2 aromatic carbocycles. The van der Waals surface area contributed by atoms with Gasteiger partial charge in [-0.05, 0) is 22.8 Å². The number of nitrogens with zero attached hydrogens (tertiary/aromatic N) is 1. The molecule has 0 aliphatic carbocycles. The van der Waals surface area contributed by atoms with E-state index in [1.165, 1.54) is 4.90 Å². The van der Waals surface area contributed by atoms with Crippen molar-refractivity contribution in [1.29, 1.82) is 0 Å². The normalized spacial score (nSPS) is 16.4. The number of ether oxygens (including phenoxy) is 1. The van der Waals surface area contributed by atoms with Crippen molar-refractivity contribution < 1.29 is 19.4 Å². The second-order valence-electron chi connectivity index (χ2n) is 5.60. The van der Waals surface area contributed by atoms with Crippen LogP contribution < -0.4 is 0 Å². The van der Waals surface area contributed by atoms with Crippen molar-refractivity contribution in [1.82, 2.24) is 4.90 Å². The molecule has 1 aliphatic heterocycles. The lowest BCUT2D eigenvalue weighted by molar-refractivity contribution is -0.143. The number of amides is 1. The van der Waals surface area contributed by atoms with E-state index < -0.39 is 18.1 Å². The van der Waals surface area contributed by atoms with Gasteiger partial charge in [-0.15, -0.1) is 0 Å². The lowest BCUT2D eigenvalue weighted by atomic mass is 9.94. The molecule has 6 heteroatoms. The maximum atomic E-state index is 12.4. The molecule has 0 bridgehead atoms. The summed E-state index contributed by atoms with van der Waals surface area (Å²) in [4.78, 5) is 25.2. The third-order valence-corrected chi connectivity index (χ3v) is 4.41. The molecule has 0 saturated heterocycles. The van der Waals surface area contributed by atoms with Crippen LogP contribution >= 0.6 is 11.6 Å². The summed E-state index contributed by atoms with van der Waals surface area (Å²) < 4.78 is 5.28. The van der Waals surface area contributed by atoms with E-state index in [4.69, 9.17) is 16.3 Å². The lowest BCUT2D eigenvalue weighted by Gasteiger charge is -2.34. The zero-order valence-corrected chi connectivity index (χ0v) is 13.6. The Hall–Kier alpha value is -2.53. The molecule has 0 saturated carbocycles. The van der Waals surface area contributed by atoms with Crippen molar-refractivity contribution in [3.05, 3.63) is 70.2 Å². The number of rotatable bonds is 3. The Labute approximate surface area is 144 Å². The van der Waals surface area contributed by atoms with Crippen LogP contribution in [0.5, 0.6) is 0 Å². The fourth-order valence-corrected chi connectivity index (χ4v) is 3.06. The van der Waals surface area contributed by atoms with Crippen molar-refractivity contribution in [2.24, 2.45) is 0 Å². The Morgan fingerprint density at radius 3 is 2.62 bits per heavy atom. The monoisotopic (exact) mass is 345 g/mol. The molecule has 2 aromatic rings. The van der Waals surface area contributed by atoms with Gasteiger partial charge in [0.1, 0.15) is 12.6 Å². The first-order valence-electron chi connectivity index (χ1n) is 7.52. The van der Waals surface area contributed by atoms with Crippen LogP contribution in [0.3, 0.4) is 0 Å². The highest BCUT2D eigenvalue weighted by atomic mass is 35.5. The van der Waals surface area contributed by atoms with Gasteiger partial charge in [0.05, 0.1) is 6.54 Å². The van der Waals surface area contributed by atoms with E-state index in [1.807, 2.05) is 36.4 Å².